The summed E-state index contributed by atoms with van der Waals surface area (Å²) in [5.74, 6) is 0.113. The molecule has 0 aliphatic carbocycles. The first-order chi connectivity index (χ1) is 11.7. The molecule has 0 unspecified atom stereocenters. The Bertz CT molecular complexity index is 628. The van der Waals surface area contributed by atoms with Gasteiger partial charge < -0.3 is 9.67 Å². The van der Waals surface area contributed by atoms with Gasteiger partial charge in [-0.2, -0.15) is 0 Å². The van der Waals surface area contributed by atoms with Crippen molar-refractivity contribution in [2.75, 3.05) is 5.75 Å². The molecule has 1 aromatic carbocycles. The third-order valence-electron chi connectivity index (χ3n) is 3.81. The van der Waals surface area contributed by atoms with Gasteiger partial charge >= 0.3 is 5.97 Å². The predicted octanol–water partition coefficient (Wildman–Crippen LogP) is 4.02. The van der Waals surface area contributed by atoms with Crippen molar-refractivity contribution in [2.45, 2.75) is 57.1 Å². The highest BCUT2D eigenvalue weighted by atomic mass is 32.2. The first-order valence-electron chi connectivity index (χ1n) is 8.51. The number of thioether (sulfide) groups is 1. The second kappa shape index (κ2) is 10.1. The van der Waals surface area contributed by atoms with E-state index < -0.39 is 5.97 Å². The molecule has 0 amide bonds. The highest BCUT2D eigenvalue weighted by Crippen LogP contribution is 2.20. The Balaban J connectivity index is 2.06. The van der Waals surface area contributed by atoms with Gasteiger partial charge in [0.2, 0.25) is 0 Å². The zero-order valence-corrected chi connectivity index (χ0v) is 15.0. The van der Waals surface area contributed by atoms with Crippen molar-refractivity contribution in [2.24, 2.45) is 0 Å². The van der Waals surface area contributed by atoms with Crippen LogP contribution in [0.15, 0.2) is 35.5 Å². The number of hydrogen-bond donors (Lipinski definition) is 1. The molecule has 0 saturated carbocycles. The number of carbonyl (C=O) groups is 1. The largest absolute Gasteiger partial charge is 0.481 e. The first-order valence-corrected chi connectivity index (χ1v) is 9.50. The van der Waals surface area contributed by atoms with Crippen LogP contribution >= 0.6 is 11.8 Å². The Morgan fingerprint density at radius 2 is 1.88 bits per heavy atom. The van der Waals surface area contributed by atoms with E-state index in [0.29, 0.717) is 11.7 Å². The van der Waals surface area contributed by atoms with Crippen LogP contribution < -0.4 is 0 Å². The van der Waals surface area contributed by atoms with Crippen molar-refractivity contribution in [3.05, 3.63) is 41.7 Å². The third kappa shape index (κ3) is 6.00. The van der Waals surface area contributed by atoms with E-state index in [-0.39, 0.29) is 5.75 Å². The normalized spacial score (nSPS) is 10.9. The molecule has 1 aromatic heterocycles. The van der Waals surface area contributed by atoms with Gasteiger partial charge in [-0.05, 0) is 12.0 Å². The number of carboxylic acid groups (broad SMARTS) is 1. The lowest BCUT2D eigenvalue weighted by Crippen LogP contribution is -2.08. The average Bonchev–Trinajstić information content (AvgIpc) is 2.95. The predicted molar refractivity (Wildman–Crippen MR) is 96.4 cm³/mol. The molecule has 0 fully saturated rings. The van der Waals surface area contributed by atoms with Crippen LogP contribution in [0.4, 0.5) is 0 Å². The molecule has 0 saturated heterocycles. The maximum atomic E-state index is 10.8. The van der Waals surface area contributed by atoms with E-state index >= 15 is 0 Å². The molecule has 0 bridgehead atoms. The van der Waals surface area contributed by atoms with Gasteiger partial charge in [-0.1, -0.05) is 74.7 Å². The molecule has 1 N–H and O–H groups in total. The summed E-state index contributed by atoms with van der Waals surface area (Å²) >= 11 is 1.23. The molecule has 6 heteroatoms. The maximum absolute atomic E-state index is 10.8. The van der Waals surface area contributed by atoms with Crippen LogP contribution in [-0.4, -0.2) is 31.6 Å². The first kappa shape index (κ1) is 18.5. The molecule has 2 rings (SSSR count). The molecule has 2 aromatic rings. The van der Waals surface area contributed by atoms with Gasteiger partial charge in [-0.15, -0.1) is 10.2 Å². The van der Waals surface area contributed by atoms with Gasteiger partial charge in [0, 0.05) is 6.42 Å². The average molecular weight is 347 g/mol. The van der Waals surface area contributed by atoms with Crippen LogP contribution in [0.3, 0.4) is 0 Å². The fourth-order valence-electron chi connectivity index (χ4n) is 2.55. The third-order valence-corrected chi connectivity index (χ3v) is 4.76. The summed E-state index contributed by atoms with van der Waals surface area (Å²) in [4.78, 5) is 10.8. The van der Waals surface area contributed by atoms with E-state index in [2.05, 4.69) is 33.8 Å². The second-order valence-electron chi connectivity index (χ2n) is 5.82. The Hall–Kier alpha value is -1.82. The standard InChI is InChI=1S/C18H25N3O2S/c1-2-3-4-5-9-12-16-19-20-18(24-14-17(22)23)21(16)13-15-10-7-6-8-11-15/h6-8,10-11H,2-5,9,12-14H2,1H3,(H,22,23). The summed E-state index contributed by atoms with van der Waals surface area (Å²) in [7, 11) is 0. The van der Waals surface area contributed by atoms with Crippen molar-refractivity contribution in [1.29, 1.82) is 0 Å². The molecule has 130 valence electrons. The SMILES string of the molecule is CCCCCCCc1nnc(SCC(=O)O)n1Cc1ccccc1. The molecule has 0 spiro atoms. The number of unbranched alkanes of at least 4 members (excludes halogenated alkanes) is 4. The number of aliphatic carboxylic acids is 1. The van der Waals surface area contributed by atoms with Crippen LogP contribution in [0.1, 0.15) is 50.4 Å². The highest BCUT2D eigenvalue weighted by molar-refractivity contribution is 7.99. The van der Waals surface area contributed by atoms with Crippen molar-refractivity contribution in [3.8, 4) is 0 Å². The minimum atomic E-state index is -0.838. The second-order valence-corrected chi connectivity index (χ2v) is 6.76. The summed E-state index contributed by atoms with van der Waals surface area (Å²) in [5, 5.41) is 18.1. The molecule has 0 radical (unpaired) electrons. The molecule has 1 heterocycles. The number of rotatable bonds is 11. The fraction of sp³-hybridized carbons (Fsp3) is 0.500. The van der Waals surface area contributed by atoms with Crippen LogP contribution in [0, 0.1) is 0 Å². The van der Waals surface area contributed by atoms with Gasteiger partial charge in [0.05, 0.1) is 12.3 Å². The van der Waals surface area contributed by atoms with E-state index in [4.69, 9.17) is 5.11 Å². The number of aryl methyl sites for hydroxylation is 1. The van der Waals surface area contributed by atoms with E-state index in [1.54, 1.807) is 0 Å². The number of hydrogen-bond acceptors (Lipinski definition) is 4. The topological polar surface area (TPSA) is 68.0 Å². The summed E-state index contributed by atoms with van der Waals surface area (Å²) in [6.45, 7) is 2.89. The van der Waals surface area contributed by atoms with Crippen LogP contribution in [0.2, 0.25) is 0 Å². The smallest absolute Gasteiger partial charge is 0.313 e. The van der Waals surface area contributed by atoms with Gasteiger partial charge in [0.1, 0.15) is 5.82 Å². The summed E-state index contributed by atoms with van der Waals surface area (Å²) in [6.07, 6.45) is 6.94. The Kier molecular flexibility index (Phi) is 7.82. The van der Waals surface area contributed by atoms with Crippen molar-refractivity contribution in [3.63, 3.8) is 0 Å². The van der Waals surface area contributed by atoms with E-state index in [0.717, 1.165) is 18.7 Å². The molecule has 24 heavy (non-hydrogen) atoms. The minimum absolute atomic E-state index is 0.00340. The molecule has 5 nitrogen and oxygen atoms in total. The quantitative estimate of drug-likeness (QED) is 0.491. The van der Waals surface area contributed by atoms with Crippen LogP contribution in [0.5, 0.6) is 0 Å². The van der Waals surface area contributed by atoms with Crippen molar-refractivity contribution < 1.29 is 9.90 Å². The summed E-state index contributed by atoms with van der Waals surface area (Å²) in [5.41, 5.74) is 1.17. The van der Waals surface area contributed by atoms with Crippen molar-refractivity contribution >= 4 is 17.7 Å². The van der Waals surface area contributed by atoms with Gasteiger partial charge in [0.15, 0.2) is 5.16 Å². The van der Waals surface area contributed by atoms with Gasteiger partial charge in [0.25, 0.3) is 0 Å². The lowest BCUT2D eigenvalue weighted by atomic mass is 10.1. The Labute approximate surface area is 147 Å². The molecule has 0 atom stereocenters. The molecule has 0 aliphatic rings. The highest BCUT2D eigenvalue weighted by Gasteiger charge is 2.14. The molecular formula is C18H25N3O2S. The Morgan fingerprint density at radius 1 is 1.12 bits per heavy atom. The number of carboxylic acids is 1. The van der Waals surface area contributed by atoms with E-state index in [1.807, 2.05) is 18.2 Å². The number of benzene rings is 1. The zero-order chi connectivity index (χ0) is 17.2. The zero-order valence-electron chi connectivity index (χ0n) is 14.1. The monoisotopic (exact) mass is 347 g/mol. The Morgan fingerprint density at radius 3 is 2.58 bits per heavy atom. The number of nitrogens with zero attached hydrogens (tertiary/aromatic N) is 3. The van der Waals surface area contributed by atoms with Crippen LogP contribution in [-0.2, 0) is 17.8 Å². The maximum Gasteiger partial charge on any atom is 0.313 e. The lowest BCUT2D eigenvalue weighted by molar-refractivity contribution is -0.133. The minimum Gasteiger partial charge on any atom is -0.481 e. The molecule has 0 aliphatic heterocycles. The summed E-state index contributed by atoms with van der Waals surface area (Å²) < 4.78 is 2.06. The van der Waals surface area contributed by atoms with Gasteiger partial charge in [-0.3, -0.25) is 4.79 Å². The fourth-order valence-corrected chi connectivity index (χ4v) is 3.23. The van der Waals surface area contributed by atoms with E-state index in [9.17, 15) is 4.79 Å². The van der Waals surface area contributed by atoms with Crippen molar-refractivity contribution in [1.82, 2.24) is 14.8 Å². The number of aromatic nitrogens is 3. The van der Waals surface area contributed by atoms with Gasteiger partial charge in [-0.25, -0.2) is 0 Å². The van der Waals surface area contributed by atoms with Crippen LogP contribution in [0.25, 0.3) is 0 Å². The lowest BCUT2D eigenvalue weighted by Gasteiger charge is -2.10. The summed E-state index contributed by atoms with van der Waals surface area (Å²) in [6, 6.07) is 10.1. The molecular weight excluding hydrogens is 322 g/mol. The van der Waals surface area contributed by atoms with E-state index in [1.165, 1.54) is 43.0 Å².